The number of benzene rings is 1. The molecule has 0 aliphatic carbocycles. The number of nitrogens with zero attached hydrogens (tertiary/aromatic N) is 1. The SMILES string of the molecule is CCCNC(CCN(C)CC)c1ccccc1Br. The monoisotopic (exact) mass is 312 g/mol. The highest BCUT2D eigenvalue weighted by Crippen LogP contribution is 2.25. The number of halogens is 1. The fraction of sp³-hybridized carbons (Fsp3) is 0.600. The molecule has 0 heterocycles. The highest BCUT2D eigenvalue weighted by Gasteiger charge is 2.13. The Morgan fingerprint density at radius 2 is 2.00 bits per heavy atom. The molecular formula is C15H25BrN2. The van der Waals surface area contributed by atoms with Gasteiger partial charge in [0.1, 0.15) is 0 Å². The summed E-state index contributed by atoms with van der Waals surface area (Å²) >= 11 is 3.66. The first kappa shape index (κ1) is 15.7. The van der Waals surface area contributed by atoms with E-state index in [1.54, 1.807) is 0 Å². The molecule has 0 spiro atoms. The van der Waals surface area contributed by atoms with Crippen molar-refractivity contribution in [3.8, 4) is 0 Å². The van der Waals surface area contributed by atoms with Crippen LogP contribution in [-0.2, 0) is 0 Å². The van der Waals surface area contributed by atoms with Crippen molar-refractivity contribution in [3.63, 3.8) is 0 Å². The van der Waals surface area contributed by atoms with Crippen LogP contribution in [0, 0.1) is 0 Å². The molecule has 0 aliphatic heterocycles. The molecule has 0 aromatic heterocycles. The highest BCUT2D eigenvalue weighted by atomic mass is 79.9. The highest BCUT2D eigenvalue weighted by molar-refractivity contribution is 9.10. The molecule has 18 heavy (non-hydrogen) atoms. The maximum atomic E-state index is 3.66. The Bertz CT molecular complexity index is 341. The third-order valence-corrected chi connectivity index (χ3v) is 3.98. The van der Waals surface area contributed by atoms with Crippen molar-refractivity contribution in [1.29, 1.82) is 0 Å². The summed E-state index contributed by atoms with van der Waals surface area (Å²) in [6.45, 7) is 7.71. The Labute approximate surface area is 120 Å². The Kier molecular flexibility index (Phi) is 7.56. The van der Waals surface area contributed by atoms with Gasteiger partial charge in [-0.2, -0.15) is 0 Å². The molecular weight excluding hydrogens is 288 g/mol. The van der Waals surface area contributed by atoms with E-state index in [0.29, 0.717) is 6.04 Å². The molecule has 0 amide bonds. The third kappa shape index (κ3) is 5.09. The first-order chi connectivity index (χ1) is 8.69. The molecule has 2 nitrogen and oxygen atoms in total. The van der Waals surface area contributed by atoms with Gasteiger partial charge < -0.3 is 10.2 Å². The van der Waals surface area contributed by atoms with Gasteiger partial charge in [0.05, 0.1) is 0 Å². The Morgan fingerprint density at radius 3 is 2.61 bits per heavy atom. The van der Waals surface area contributed by atoms with Crippen LogP contribution < -0.4 is 5.32 Å². The van der Waals surface area contributed by atoms with E-state index in [0.717, 1.165) is 26.1 Å². The molecule has 1 aromatic rings. The summed E-state index contributed by atoms with van der Waals surface area (Å²) in [4.78, 5) is 2.36. The summed E-state index contributed by atoms with van der Waals surface area (Å²) < 4.78 is 1.21. The van der Waals surface area contributed by atoms with Gasteiger partial charge in [0.2, 0.25) is 0 Å². The van der Waals surface area contributed by atoms with E-state index >= 15 is 0 Å². The topological polar surface area (TPSA) is 15.3 Å². The van der Waals surface area contributed by atoms with Crippen molar-refractivity contribution in [2.24, 2.45) is 0 Å². The van der Waals surface area contributed by atoms with E-state index in [4.69, 9.17) is 0 Å². The zero-order valence-corrected chi connectivity index (χ0v) is 13.3. The van der Waals surface area contributed by atoms with E-state index in [-0.39, 0.29) is 0 Å². The lowest BCUT2D eigenvalue weighted by Crippen LogP contribution is -2.28. The standard InChI is InChI=1S/C15H25BrN2/c1-4-11-17-15(10-12-18(3)5-2)13-8-6-7-9-14(13)16/h6-9,15,17H,4-5,10-12H2,1-3H3. The average molecular weight is 313 g/mol. The van der Waals surface area contributed by atoms with E-state index in [1.165, 1.54) is 16.5 Å². The summed E-state index contributed by atoms with van der Waals surface area (Å²) in [5.41, 5.74) is 1.37. The van der Waals surface area contributed by atoms with Crippen LogP contribution in [0.2, 0.25) is 0 Å². The first-order valence-electron chi connectivity index (χ1n) is 6.85. The summed E-state index contributed by atoms with van der Waals surface area (Å²) in [6.07, 6.45) is 2.32. The second kappa shape index (κ2) is 8.68. The second-order valence-electron chi connectivity index (χ2n) is 4.71. The quantitative estimate of drug-likeness (QED) is 0.784. The molecule has 1 unspecified atom stereocenters. The summed E-state index contributed by atoms with van der Waals surface area (Å²) in [5.74, 6) is 0. The lowest BCUT2D eigenvalue weighted by molar-refractivity contribution is 0.321. The largest absolute Gasteiger partial charge is 0.310 e. The lowest BCUT2D eigenvalue weighted by atomic mass is 10.0. The van der Waals surface area contributed by atoms with Gasteiger partial charge in [-0.1, -0.05) is 48.0 Å². The summed E-state index contributed by atoms with van der Waals surface area (Å²) in [6, 6.07) is 8.96. The van der Waals surface area contributed by atoms with Crippen LogP contribution in [0.1, 0.15) is 38.3 Å². The molecule has 0 saturated heterocycles. The summed E-state index contributed by atoms with van der Waals surface area (Å²) in [7, 11) is 2.18. The third-order valence-electron chi connectivity index (χ3n) is 3.26. The molecule has 1 N–H and O–H groups in total. The van der Waals surface area contributed by atoms with Gasteiger partial charge in [0, 0.05) is 10.5 Å². The van der Waals surface area contributed by atoms with Gasteiger partial charge in [0.25, 0.3) is 0 Å². The number of hydrogen-bond donors (Lipinski definition) is 1. The molecule has 0 aliphatic rings. The number of rotatable bonds is 8. The van der Waals surface area contributed by atoms with Gasteiger partial charge in [-0.25, -0.2) is 0 Å². The zero-order chi connectivity index (χ0) is 13.4. The second-order valence-corrected chi connectivity index (χ2v) is 5.57. The van der Waals surface area contributed by atoms with Gasteiger partial charge >= 0.3 is 0 Å². The maximum Gasteiger partial charge on any atom is 0.0343 e. The van der Waals surface area contributed by atoms with Crippen LogP contribution in [0.3, 0.4) is 0 Å². The van der Waals surface area contributed by atoms with Crippen LogP contribution >= 0.6 is 15.9 Å². The Morgan fingerprint density at radius 1 is 1.28 bits per heavy atom. The normalized spacial score (nSPS) is 12.9. The molecule has 1 rings (SSSR count). The Hall–Kier alpha value is -0.380. The van der Waals surface area contributed by atoms with Crippen molar-refractivity contribution >= 4 is 15.9 Å². The lowest BCUT2D eigenvalue weighted by Gasteiger charge is -2.23. The molecule has 0 bridgehead atoms. The van der Waals surface area contributed by atoms with Crippen molar-refractivity contribution in [1.82, 2.24) is 10.2 Å². The van der Waals surface area contributed by atoms with E-state index in [2.05, 4.69) is 71.3 Å². The van der Waals surface area contributed by atoms with Crippen molar-refractivity contribution in [2.45, 2.75) is 32.7 Å². The first-order valence-corrected chi connectivity index (χ1v) is 7.64. The minimum atomic E-state index is 0.439. The molecule has 102 valence electrons. The van der Waals surface area contributed by atoms with Crippen LogP contribution in [0.5, 0.6) is 0 Å². The minimum Gasteiger partial charge on any atom is -0.310 e. The molecule has 3 heteroatoms. The van der Waals surface area contributed by atoms with Crippen molar-refractivity contribution < 1.29 is 0 Å². The number of nitrogens with one attached hydrogen (secondary N) is 1. The molecule has 0 saturated carbocycles. The smallest absolute Gasteiger partial charge is 0.0343 e. The van der Waals surface area contributed by atoms with Gasteiger partial charge in [-0.05, 0) is 51.2 Å². The van der Waals surface area contributed by atoms with Crippen molar-refractivity contribution in [2.75, 3.05) is 26.7 Å². The van der Waals surface area contributed by atoms with Crippen LogP contribution in [-0.4, -0.2) is 31.6 Å². The van der Waals surface area contributed by atoms with E-state index in [1.807, 2.05) is 0 Å². The van der Waals surface area contributed by atoms with Gasteiger partial charge in [-0.15, -0.1) is 0 Å². The maximum absolute atomic E-state index is 3.66. The van der Waals surface area contributed by atoms with E-state index < -0.39 is 0 Å². The fourth-order valence-electron chi connectivity index (χ4n) is 1.95. The summed E-state index contributed by atoms with van der Waals surface area (Å²) in [5, 5.41) is 3.65. The minimum absolute atomic E-state index is 0.439. The van der Waals surface area contributed by atoms with E-state index in [9.17, 15) is 0 Å². The zero-order valence-electron chi connectivity index (χ0n) is 11.7. The van der Waals surface area contributed by atoms with Gasteiger partial charge in [-0.3, -0.25) is 0 Å². The van der Waals surface area contributed by atoms with Crippen LogP contribution in [0.4, 0.5) is 0 Å². The van der Waals surface area contributed by atoms with Crippen molar-refractivity contribution in [3.05, 3.63) is 34.3 Å². The Balaban J connectivity index is 2.68. The number of hydrogen-bond acceptors (Lipinski definition) is 2. The van der Waals surface area contributed by atoms with Crippen LogP contribution in [0.25, 0.3) is 0 Å². The predicted molar refractivity (Wildman–Crippen MR) is 83.0 cm³/mol. The molecule has 1 atom stereocenters. The predicted octanol–water partition coefficient (Wildman–Crippen LogP) is 3.83. The average Bonchev–Trinajstić information content (AvgIpc) is 2.39. The van der Waals surface area contributed by atoms with Crippen LogP contribution in [0.15, 0.2) is 28.7 Å². The fourth-order valence-corrected chi connectivity index (χ4v) is 2.51. The molecule has 0 radical (unpaired) electrons. The molecule has 0 fully saturated rings. The molecule has 1 aromatic carbocycles. The van der Waals surface area contributed by atoms with Gasteiger partial charge in [0.15, 0.2) is 0 Å².